The number of para-hydroxylation sites is 1. The maximum Gasteiger partial charge on any atom is 0.264 e. The molecule has 0 radical (unpaired) electrons. The van der Waals surface area contributed by atoms with E-state index in [9.17, 15) is 13.2 Å². The molecule has 0 aliphatic heterocycles. The Bertz CT molecular complexity index is 1160. The summed E-state index contributed by atoms with van der Waals surface area (Å²) in [7, 11) is -3.87. The second-order valence-electron chi connectivity index (χ2n) is 6.90. The molecule has 2 aromatic carbocycles. The van der Waals surface area contributed by atoms with Gasteiger partial charge in [0.1, 0.15) is 5.75 Å². The molecule has 0 saturated carbocycles. The molecule has 3 aromatic rings. The van der Waals surface area contributed by atoms with E-state index < -0.39 is 10.0 Å². The number of hydrogen-bond donors (Lipinski definition) is 2. The van der Waals surface area contributed by atoms with Crippen molar-refractivity contribution >= 4 is 27.6 Å². The first-order valence-corrected chi connectivity index (χ1v) is 11.2. The average molecular weight is 441 g/mol. The van der Waals surface area contributed by atoms with E-state index in [1.165, 1.54) is 24.3 Å². The van der Waals surface area contributed by atoms with Crippen molar-refractivity contribution in [1.29, 1.82) is 0 Å². The number of benzene rings is 2. The van der Waals surface area contributed by atoms with Crippen LogP contribution in [0.25, 0.3) is 0 Å². The van der Waals surface area contributed by atoms with Crippen LogP contribution >= 0.6 is 0 Å². The van der Waals surface area contributed by atoms with Crippen LogP contribution in [0.15, 0.2) is 59.5 Å². The predicted octanol–water partition coefficient (Wildman–Crippen LogP) is 3.94. The van der Waals surface area contributed by atoms with Gasteiger partial charge in [-0.1, -0.05) is 19.1 Å². The van der Waals surface area contributed by atoms with Crippen molar-refractivity contribution in [2.45, 2.75) is 32.1 Å². The molecule has 3 rings (SSSR count). The highest BCUT2D eigenvalue weighted by atomic mass is 32.2. The number of carbonyl (C=O) groups excluding carboxylic acids is 1. The lowest BCUT2D eigenvalue weighted by molar-refractivity contribution is 0.102. The summed E-state index contributed by atoms with van der Waals surface area (Å²) in [5.74, 6) is 0.168. The highest BCUT2D eigenvalue weighted by Gasteiger charge is 2.17. The highest BCUT2D eigenvalue weighted by molar-refractivity contribution is 7.92. The van der Waals surface area contributed by atoms with E-state index in [0.717, 1.165) is 6.42 Å². The first-order valence-electron chi connectivity index (χ1n) is 9.77. The van der Waals surface area contributed by atoms with E-state index >= 15 is 0 Å². The number of nitrogens with one attached hydrogen (secondary N) is 2. The Morgan fingerprint density at radius 1 is 1.00 bits per heavy atom. The fourth-order valence-corrected chi connectivity index (χ4v) is 3.80. The fourth-order valence-electron chi connectivity index (χ4n) is 2.86. The van der Waals surface area contributed by atoms with E-state index in [0.29, 0.717) is 35.0 Å². The predicted molar refractivity (Wildman–Crippen MR) is 119 cm³/mol. The maximum atomic E-state index is 12.6. The molecule has 0 unspecified atom stereocenters. The number of hydrogen-bond acceptors (Lipinski definition) is 6. The Kier molecular flexibility index (Phi) is 6.86. The number of amides is 1. The van der Waals surface area contributed by atoms with Gasteiger partial charge in [-0.3, -0.25) is 4.79 Å². The zero-order chi connectivity index (χ0) is 22.4. The number of aromatic nitrogens is 2. The second-order valence-corrected chi connectivity index (χ2v) is 8.59. The van der Waals surface area contributed by atoms with Gasteiger partial charge in [-0.25, -0.2) is 23.1 Å². The maximum absolute atomic E-state index is 12.6. The minimum absolute atomic E-state index is 0.0126. The van der Waals surface area contributed by atoms with Gasteiger partial charge in [0.05, 0.1) is 17.1 Å². The van der Waals surface area contributed by atoms with Gasteiger partial charge in [0.15, 0.2) is 0 Å². The normalized spacial score (nSPS) is 11.1. The van der Waals surface area contributed by atoms with Crippen molar-refractivity contribution in [2.24, 2.45) is 0 Å². The van der Waals surface area contributed by atoms with Gasteiger partial charge in [-0.2, -0.15) is 0 Å². The monoisotopic (exact) mass is 440 g/mol. The van der Waals surface area contributed by atoms with Crippen LogP contribution in [0, 0.1) is 13.8 Å². The van der Waals surface area contributed by atoms with Gasteiger partial charge < -0.3 is 10.1 Å². The van der Waals surface area contributed by atoms with E-state index in [4.69, 9.17) is 4.74 Å². The van der Waals surface area contributed by atoms with E-state index in [-0.39, 0.29) is 16.8 Å². The van der Waals surface area contributed by atoms with Crippen molar-refractivity contribution in [2.75, 3.05) is 16.6 Å². The molecule has 0 fully saturated rings. The molecule has 0 atom stereocenters. The molecular weight excluding hydrogens is 416 g/mol. The molecule has 9 heteroatoms. The minimum Gasteiger partial charge on any atom is -0.493 e. The first kappa shape index (κ1) is 22.2. The lowest BCUT2D eigenvalue weighted by Crippen LogP contribution is -2.16. The zero-order valence-electron chi connectivity index (χ0n) is 17.5. The summed E-state index contributed by atoms with van der Waals surface area (Å²) >= 11 is 0. The van der Waals surface area contributed by atoms with Gasteiger partial charge in [0, 0.05) is 17.1 Å². The molecular formula is C22H24N4O4S. The van der Waals surface area contributed by atoms with Crippen LogP contribution in [0.5, 0.6) is 5.75 Å². The van der Waals surface area contributed by atoms with Gasteiger partial charge in [0.2, 0.25) is 5.95 Å². The summed E-state index contributed by atoms with van der Waals surface area (Å²) in [6.45, 7) is 6.01. The topological polar surface area (TPSA) is 110 Å². The van der Waals surface area contributed by atoms with E-state index in [1.807, 2.05) is 6.92 Å². The zero-order valence-corrected chi connectivity index (χ0v) is 18.4. The molecule has 1 aromatic heterocycles. The van der Waals surface area contributed by atoms with Crippen molar-refractivity contribution in [3.63, 3.8) is 0 Å². The van der Waals surface area contributed by atoms with Crippen molar-refractivity contribution in [3.05, 3.63) is 71.5 Å². The lowest BCUT2D eigenvalue weighted by atomic mass is 10.2. The molecule has 31 heavy (non-hydrogen) atoms. The van der Waals surface area contributed by atoms with Gasteiger partial charge in [0.25, 0.3) is 15.9 Å². The van der Waals surface area contributed by atoms with Gasteiger partial charge >= 0.3 is 0 Å². The average Bonchev–Trinajstić information content (AvgIpc) is 2.71. The molecule has 1 amide bonds. The summed E-state index contributed by atoms with van der Waals surface area (Å²) in [5, 5.41) is 2.76. The number of carbonyl (C=O) groups is 1. The van der Waals surface area contributed by atoms with Crippen LogP contribution in [0.4, 0.5) is 11.6 Å². The third kappa shape index (κ3) is 5.79. The van der Waals surface area contributed by atoms with Crippen LogP contribution in [0.3, 0.4) is 0 Å². The minimum atomic E-state index is -3.87. The molecule has 162 valence electrons. The Morgan fingerprint density at radius 2 is 1.65 bits per heavy atom. The molecule has 0 bridgehead atoms. The smallest absolute Gasteiger partial charge is 0.264 e. The molecule has 1 heterocycles. The number of sulfonamides is 1. The summed E-state index contributed by atoms with van der Waals surface area (Å²) < 4.78 is 33.3. The number of nitrogens with zero attached hydrogens (tertiary/aromatic N) is 2. The number of aryl methyl sites for hydroxylation is 2. The number of rotatable bonds is 8. The largest absolute Gasteiger partial charge is 0.493 e. The third-order valence-electron chi connectivity index (χ3n) is 4.22. The van der Waals surface area contributed by atoms with Crippen LogP contribution in [-0.4, -0.2) is 30.9 Å². The van der Waals surface area contributed by atoms with E-state index in [1.54, 1.807) is 44.2 Å². The Balaban J connectivity index is 1.73. The quantitative estimate of drug-likeness (QED) is 0.549. The van der Waals surface area contributed by atoms with Crippen LogP contribution in [0.2, 0.25) is 0 Å². The summed E-state index contributed by atoms with van der Waals surface area (Å²) in [4.78, 5) is 20.9. The fraction of sp³-hybridized carbons (Fsp3) is 0.227. The molecule has 0 aliphatic carbocycles. The molecule has 8 nitrogen and oxygen atoms in total. The summed E-state index contributed by atoms with van der Waals surface area (Å²) in [5.41, 5.74) is 2.18. The third-order valence-corrected chi connectivity index (χ3v) is 5.57. The van der Waals surface area contributed by atoms with Crippen LogP contribution in [-0.2, 0) is 10.0 Å². The number of ether oxygens (including phenoxy) is 1. The summed E-state index contributed by atoms with van der Waals surface area (Å²) in [6.07, 6.45) is 0.826. The van der Waals surface area contributed by atoms with E-state index in [2.05, 4.69) is 20.0 Å². The Hall–Kier alpha value is -3.46. The van der Waals surface area contributed by atoms with Crippen LogP contribution in [0.1, 0.15) is 35.1 Å². The summed E-state index contributed by atoms with van der Waals surface area (Å²) in [6, 6.07) is 14.6. The van der Waals surface area contributed by atoms with Crippen molar-refractivity contribution in [1.82, 2.24) is 9.97 Å². The van der Waals surface area contributed by atoms with Gasteiger partial charge in [-0.15, -0.1) is 0 Å². The second kappa shape index (κ2) is 9.57. The number of anilines is 2. The van der Waals surface area contributed by atoms with Gasteiger partial charge in [-0.05, 0) is 62.7 Å². The first-order chi connectivity index (χ1) is 14.8. The molecule has 0 spiro atoms. The Morgan fingerprint density at radius 3 is 2.29 bits per heavy atom. The SMILES string of the molecule is CCCOc1ccccc1C(=O)Nc1ccc(S(=O)(=O)Nc2nc(C)cc(C)n2)cc1. The Labute approximate surface area is 181 Å². The molecule has 0 saturated heterocycles. The highest BCUT2D eigenvalue weighted by Crippen LogP contribution is 2.21. The molecule has 0 aliphatic rings. The standard InChI is InChI=1S/C22H24N4O4S/c1-4-13-30-20-8-6-5-7-19(20)21(27)25-17-9-11-18(12-10-17)31(28,29)26-22-23-15(2)14-16(3)24-22/h5-12,14H,4,13H2,1-3H3,(H,25,27)(H,23,24,26). The van der Waals surface area contributed by atoms with Crippen molar-refractivity contribution < 1.29 is 17.9 Å². The van der Waals surface area contributed by atoms with Crippen molar-refractivity contribution in [3.8, 4) is 5.75 Å². The van der Waals surface area contributed by atoms with Crippen LogP contribution < -0.4 is 14.8 Å². The lowest BCUT2D eigenvalue weighted by Gasteiger charge is -2.12. The molecule has 2 N–H and O–H groups in total.